The first-order valence-corrected chi connectivity index (χ1v) is 9.05. The third-order valence-electron chi connectivity index (χ3n) is 5.70. The molecule has 1 spiro atoms. The van der Waals surface area contributed by atoms with Crippen LogP contribution in [0.1, 0.15) is 41.5 Å². The molecule has 0 radical (unpaired) electrons. The molecule has 130 valence electrons. The highest BCUT2D eigenvalue weighted by atomic mass is 16.2. The number of carbonyl (C=O) groups is 1. The van der Waals surface area contributed by atoms with Crippen LogP contribution in [0.2, 0.25) is 0 Å². The molecule has 1 saturated heterocycles. The van der Waals surface area contributed by atoms with Crippen molar-refractivity contribution in [2.45, 2.75) is 32.1 Å². The highest BCUT2D eigenvalue weighted by Gasteiger charge is 2.44. The number of hydrogen-bond donors (Lipinski definition) is 0. The fourth-order valence-corrected chi connectivity index (χ4v) is 4.25. The van der Waals surface area contributed by atoms with Gasteiger partial charge in [0, 0.05) is 43.5 Å². The van der Waals surface area contributed by atoms with Crippen LogP contribution in [0.25, 0.3) is 0 Å². The summed E-state index contributed by atoms with van der Waals surface area (Å²) in [7, 11) is 0. The molecule has 5 nitrogen and oxygen atoms in total. The first kappa shape index (κ1) is 16.1. The van der Waals surface area contributed by atoms with Crippen LogP contribution in [0.3, 0.4) is 0 Å². The van der Waals surface area contributed by atoms with Crippen molar-refractivity contribution in [3.05, 3.63) is 53.6 Å². The zero-order valence-corrected chi connectivity index (χ0v) is 14.9. The summed E-state index contributed by atoms with van der Waals surface area (Å²) in [4.78, 5) is 25.5. The fraction of sp³-hybridized carbons (Fsp3) is 0.450. The fourth-order valence-electron chi connectivity index (χ4n) is 4.25. The van der Waals surface area contributed by atoms with Crippen molar-refractivity contribution in [2.75, 3.05) is 31.1 Å². The molecule has 2 aliphatic heterocycles. The lowest BCUT2D eigenvalue weighted by molar-refractivity contribution is 0.0667. The van der Waals surface area contributed by atoms with Crippen LogP contribution in [-0.2, 0) is 5.41 Å². The number of piperidine rings is 1. The van der Waals surface area contributed by atoms with Gasteiger partial charge >= 0.3 is 0 Å². The Morgan fingerprint density at radius 2 is 1.92 bits per heavy atom. The molecular weight excluding hydrogens is 312 g/mol. The van der Waals surface area contributed by atoms with Crippen LogP contribution in [0, 0.1) is 6.92 Å². The number of likely N-dealkylation sites (tertiary alicyclic amines) is 1. The summed E-state index contributed by atoms with van der Waals surface area (Å²) >= 11 is 0. The van der Waals surface area contributed by atoms with Crippen molar-refractivity contribution >= 4 is 11.6 Å². The second-order valence-electron chi connectivity index (χ2n) is 7.15. The number of aryl methyl sites for hydroxylation is 1. The molecule has 2 aliphatic rings. The molecule has 1 amide bonds. The largest absolute Gasteiger partial charge is 0.371 e. The summed E-state index contributed by atoms with van der Waals surface area (Å²) in [5.41, 5.74) is 4.29. The summed E-state index contributed by atoms with van der Waals surface area (Å²) in [5.74, 6) is 0.000907. The minimum absolute atomic E-state index is 0.000907. The predicted molar refractivity (Wildman–Crippen MR) is 97.9 cm³/mol. The molecule has 1 aromatic heterocycles. The molecule has 0 saturated carbocycles. The minimum atomic E-state index is 0.000907. The van der Waals surface area contributed by atoms with E-state index in [4.69, 9.17) is 0 Å². The smallest absolute Gasteiger partial charge is 0.274 e. The summed E-state index contributed by atoms with van der Waals surface area (Å²) in [6, 6.07) is 8.76. The van der Waals surface area contributed by atoms with E-state index in [0.29, 0.717) is 5.69 Å². The normalized spacial score (nSPS) is 18.5. The van der Waals surface area contributed by atoms with E-state index in [0.717, 1.165) is 44.7 Å². The molecular formula is C20H24N4O. The molecule has 4 rings (SSSR count). The summed E-state index contributed by atoms with van der Waals surface area (Å²) < 4.78 is 0. The molecule has 2 aromatic rings. The number of nitrogens with zero attached hydrogens (tertiary/aromatic N) is 4. The second-order valence-corrected chi connectivity index (χ2v) is 7.15. The Balaban J connectivity index is 1.52. The molecule has 0 unspecified atom stereocenters. The van der Waals surface area contributed by atoms with Crippen molar-refractivity contribution in [3.63, 3.8) is 0 Å². The van der Waals surface area contributed by atoms with Gasteiger partial charge in [-0.05, 0) is 38.3 Å². The summed E-state index contributed by atoms with van der Waals surface area (Å²) in [6.45, 7) is 7.74. The van der Waals surface area contributed by atoms with Gasteiger partial charge in [0.2, 0.25) is 0 Å². The highest BCUT2D eigenvalue weighted by Crippen LogP contribution is 2.46. The maximum atomic E-state index is 12.7. The zero-order valence-electron chi connectivity index (χ0n) is 14.9. The average Bonchev–Trinajstić information content (AvgIpc) is 2.96. The average molecular weight is 336 g/mol. The number of likely N-dealkylation sites (N-methyl/N-ethyl adjacent to an activating group) is 1. The predicted octanol–water partition coefficient (Wildman–Crippen LogP) is 2.80. The molecule has 0 atom stereocenters. The van der Waals surface area contributed by atoms with Crippen molar-refractivity contribution in [1.82, 2.24) is 14.9 Å². The number of aromatic nitrogens is 2. The molecule has 1 fully saturated rings. The monoisotopic (exact) mass is 336 g/mol. The minimum Gasteiger partial charge on any atom is -0.371 e. The maximum absolute atomic E-state index is 12.7. The van der Waals surface area contributed by atoms with Gasteiger partial charge in [0.25, 0.3) is 5.91 Å². The van der Waals surface area contributed by atoms with Crippen molar-refractivity contribution in [2.24, 2.45) is 0 Å². The van der Waals surface area contributed by atoms with Crippen LogP contribution in [0.4, 0.5) is 5.69 Å². The van der Waals surface area contributed by atoms with Gasteiger partial charge in [0.1, 0.15) is 5.69 Å². The van der Waals surface area contributed by atoms with Gasteiger partial charge in [0.05, 0.1) is 11.9 Å². The Morgan fingerprint density at radius 1 is 1.16 bits per heavy atom. The molecule has 1 aromatic carbocycles. The first-order chi connectivity index (χ1) is 12.1. The van der Waals surface area contributed by atoms with Crippen LogP contribution in [-0.4, -0.2) is 47.0 Å². The lowest BCUT2D eigenvalue weighted by Gasteiger charge is -2.39. The number of hydrogen-bond acceptors (Lipinski definition) is 4. The standard InChI is InChI=1S/C20H24N4O/c1-3-23-14-20(16-6-4-5-7-18(16)23)8-10-24(11-9-20)19(25)17-13-21-15(2)12-22-17/h4-7,12-13H,3,8-11,14H2,1-2H3. The van der Waals surface area contributed by atoms with E-state index >= 15 is 0 Å². The van der Waals surface area contributed by atoms with E-state index in [1.165, 1.54) is 11.3 Å². The summed E-state index contributed by atoms with van der Waals surface area (Å²) in [6.07, 6.45) is 5.26. The third kappa shape index (κ3) is 2.68. The van der Waals surface area contributed by atoms with Crippen LogP contribution < -0.4 is 4.90 Å². The van der Waals surface area contributed by atoms with E-state index in [-0.39, 0.29) is 11.3 Å². The van der Waals surface area contributed by atoms with Gasteiger partial charge < -0.3 is 9.80 Å². The number of benzene rings is 1. The number of amides is 1. The topological polar surface area (TPSA) is 49.3 Å². The third-order valence-corrected chi connectivity index (χ3v) is 5.70. The Kier molecular flexibility index (Phi) is 3.94. The van der Waals surface area contributed by atoms with Gasteiger partial charge in [-0.15, -0.1) is 0 Å². The van der Waals surface area contributed by atoms with Crippen molar-refractivity contribution in [3.8, 4) is 0 Å². The van der Waals surface area contributed by atoms with E-state index in [1.807, 2.05) is 11.8 Å². The molecule has 25 heavy (non-hydrogen) atoms. The molecule has 0 N–H and O–H groups in total. The molecule has 0 aliphatic carbocycles. The quantitative estimate of drug-likeness (QED) is 0.846. The molecule has 5 heteroatoms. The van der Waals surface area contributed by atoms with Crippen LogP contribution >= 0.6 is 0 Å². The van der Waals surface area contributed by atoms with Gasteiger partial charge in [-0.1, -0.05) is 18.2 Å². The first-order valence-electron chi connectivity index (χ1n) is 9.05. The number of carbonyl (C=O) groups excluding carboxylic acids is 1. The van der Waals surface area contributed by atoms with Crippen molar-refractivity contribution < 1.29 is 4.79 Å². The summed E-state index contributed by atoms with van der Waals surface area (Å²) in [5, 5.41) is 0. The zero-order chi connectivity index (χ0) is 17.4. The highest BCUT2D eigenvalue weighted by molar-refractivity contribution is 5.92. The van der Waals surface area contributed by atoms with Crippen LogP contribution in [0.5, 0.6) is 0 Å². The van der Waals surface area contributed by atoms with E-state index in [9.17, 15) is 4.79 Å². The Hall–Kier alpha value is -2.43. The van der Waals surface area contributed by atoms with Crippen molar-refractivity contribution in [1.29, 1.82) is 0 Å². The Morgan fingerprint density at radius 3 is 2.60 bits per heavy atom. The van der Waals surface area contributed by atoms with E-state index in [1.54, 1.807) is 12.4 Å². The van der Waals surface area contributed by atoms with E-state index in [2.05, 4.69) is 46.1 Å². The number of para-hydroxylation sites is 1. The Labute approximate surface area is 148 Å². The lowest BCUT2D eigenvalue weighted by Crippen LogP contribution is -2.47. The van der Waals surface area contributed by atoms with Crippen LogP contribution in [0.15, 0.2) is 36.7 Å². The van der Waals surface area contributed by atoms with Gasteiger partial charge in [-0.3, -0.25) is 9.78 Å². The van der Waals surface area contributed by atoms with Gasteiger partial charge in [-0.2, -0.15) is 0 Å². The lowest BCUT2D eigenvalue weighted by atomic mass is 9.74. The Bertz CT molecular complexity index is 779. The number of rotatable bonds is 2. The molecule has 0 bridgehead atoms. The maximum Gasteiger partial charge on any atom is 0.274 e. The number of anilines is 1. The van der Waals surface area contributed by atoms with Gasteiger partial charge in [-0.25, -0.2) is 4.98 Å². The molecule has 3 heterocycles. The van der Waals surface area contributed by atoms with E-state index < -0.39 is 0 Å². The number of fused-ring (bicyclic) bond motifs is 2. The SMILES string of the molecule is CCN1CC2(CCN(C(=O)c3cnc(C)cn3)CC2)c2ccccc21. The van der Waals surface area contributed by atoms with Gasteiger partial charge in [0.15, 0.2) is 0 Å². The second kappa shape index (κ2) is 6.14.